The Morgan fingerprint density at radius 2 is 2.03 bits per heavy atom. The fourth-order valence-electron chi connectivity index (χ4n) is 7.85. The van der Waals surface area contributed by atoms with Crippen LogP contribution in [0.15, 0.2) is 23.8 Å². The third-order valence-corrected chi connectivity index (χ3v) is 9.35. The first-order valence-electron chi connectivity index (χ1n) is 11.0. The summed E-state index contributed by atoms with van der Waals surface area (Å²) in [5.41, 5.74) is -1.71. The second-order valence-corrected chi connectivity index (χ2v) is 10.5. The molecule has 0 amide bonds. The highest BCUT2D eigenvalue weighted by Gasteiger charge is 2.81. The number of carbonyl (C=O) groups excluding carboxylic acids is 3. The van der Waals surface area contributed by atoms with Crippen LogP contribution in [0, 0.1) is 28.6 Å². The van der Waals surface area contributed by atoms with E-state index < -0.39 is 29.4 Å². The molecule has 4 fully saturated rings. The summed E-state index contributed by atoms with van der Waals surface area (Å²) >= 11 is 0. The monoisotopic (exact) mass is 414 g/mol. The summed E-state index contributed by atoms with van der Waals surface area (Å²) in [7, 11) is 0. The topological polar surface area (TPSA) is 93.2 Å². The van der Waals surface area contributed by atoms with Gasteiger partial charge in [-0.15, -0.1) is 0 Å². The molecule has 0 aromatic carbocycles. The first-order chi connectivity index (χ1) is 14.0. The van der Waals surface area contributed by atoms with Crippen LogP contribution in [0.1, 0.15) is 53.4 Å². The predicted octanol–water partition coefficient (Wildman–Crippen LogP) is 2.53. The Balaban J connectivity index is 1.52. The Morgan fingerprint density at radius 1 is 1.30 bits per heavy atom. The third kappa shape index (κ3) is 2.14. The molecule has 162 valence electrons. The number of aliphatic hydroxyl groups is 1. The van der Waals surface area contributed by atoms with Crippen molar-refractivity contribution in [2.75, 3.05) is 6.61 Å². The average molecular weight is 414 g/mol. The maximum atomic E-state index is 13.1. The molecule has 1 heterocycles. The molecule has 30 heavy (non-hydrogen) atoms. The molecule has 1 aliphatic heterocycles. The maximum absolute atomic E-state index is 13.1. The van der Waals surface area contributed by atoms with Gasteiger partial charge in [-0.05, 0) is 62.5 Å². The highest BCUT2D eigenvalue weighted by atomic mass is 16.6. The van der Waals surface area contributed by atoms with Crippen LogP contribution in [0.3, 0.4) is 0 Å². The predicted molar refractivity (Wildman–Crippen MR) is 107 cm³/mol. The second kappa shape index (κ2) is 5.92. The number of esters is 1. The van der Waals surface area contributed by atoms with Crippen molar-refractivity contribution in [2.24, 2.45) is 28.6 Å². The number of epoxide rings is 1. The Labute approximate surface area is 176 Å². The van der Waals surface area contributed by atoms with Gasteiger partial charge in [0.25, 0.3) is 0 Å². The second-order valence-electron chi connectivity index (χ2n) is 10.5. The normalized spacial score (nSPS) is 50.6. The van der Waals surface area contributed by atoms with Gasteiger partial charge in [0.05, 0.1) is 6.10 Å². The van der Waals surface area contributed by atoms with Crippen molar-refractivity contribution >= 4 is 17.5 Å². The smallest absolute Gasteiger partial charge is 0.303 e. The summed E-state index contributed by atoms with van der Waals surface area (Å²) in [4.78, 5) is 36.3. The highest BCUT2D eigenvalue weighted by Crippen LogP contribution is 2.76. The molecule has 1 N–H and O–H groups in total. The Hall–Kier alpha value is -1.79. The summed E-state index contributed by atoms with van der Waals surface area (Å²) in [6.07, 6.45) is 8.43. The van der Waals surface area contributed by atoms with E-state index in [1.165, 1.54) is 6.92 Å². The summed E-state index contributed by atoms with van der Waals surface area (Å²) < 4.78 is 11.4. The van der Waals surface area contributed by atoms with Crippen molar-refractivity contribution < 1.29 is 29.0 Å². The van der Waals surface area contributed by atoms with Crippen molar-refractivity contribution in [1.29, 1.82) is 0 Å². The number of Topliss-reactive ketones (excluding diaryl/α,β-unsaturated/α-hetero) is 1. The van der Waals surface area contributed by atoms with Crippen molar-refractivity contribution in [1.82, 2.24) is 0 Å². The number of rotatable bonds is 3. The minimum Gasteiger partial charge on any atom is -0.458 e. The minimum atomic E-state index is -1.54. The first kappa shape index (κ1) is 20.1. The standard InChI is InChI=1S/C24H30O6/c1-13-9-18-17-6-5-15-10-16(26)7-8-21(15,3)24(17)20(30-24)11-22(18,4)23(13,28)19(27)12-29-14(2)25/h7-8,10,13,17-18,20,28H,5-6,9,11-12H2,1-4H3/t13-,17?,18?,20?,21?,22?,23?,24?/m1/s1. The molecule has 4 aliphatic carbocycles. The third-order valence-electron chi connectivity index (χ3n) is 9.35. The van der Waals surface area contributed by atoms with Gasteiger partial charge in [0.2, 0.25) is 5.78 Å². The van der Waals surface area contributed by atoms with E-state index in [9.17, 15) is 19.5 Å². The molecule has 8 atom stereocenters. The number of ketones is 2. The molecule has 0 aromatic heterocycles. The number of hydrogen-bond donors (Lipinski definition) is 1. The van der Waals surface area contributed by atoms with Gasteiger partial charge in [-0.25, -0.2) is 0 Å². The molecule has 6 heteroatoms. The molecule has 1 saturated heterocycles. The van der Waals surface area contributed by atoms with Gasteiger partial charge in [-0.2, -0.15) is 0 Å². The van der Waals surface area contributed by atoms with Gasteiger partial charge < -0.3 is 14.6 Å². The van der Waals surface area contributed by atoms with Crippen LogP contribution in [0.4, 0.5) is 0 Å². The Morgan fingerprint density at radius 3 is 2.73 bits per heavy atom. The van der Waals surface area contributed by atoms with Crippen LogP contribution in [0.25, 0.3) is 0 Å². The molecule has 6 nitrogen and oxygen atoms in total. The van der Waals surface area contributed by atoms with Crippen molar-refractivity contribution in [3.8, 4) is 0 Å². The quantitative estimate of drug-likeness (QED) is 0.564. The van der Waals surface area contributed by atoms with Gasteiger partial charge >= 0.3 is 5.97 Å². The van der Waals surface area contributed by atoms with Gasteiger partial charge in [-0.3, -0.25) is 14.4 Å². The van der Waals surface area contributed by atoms with Gasteiger partial charge in [0, 0.05) is 17.8 Å². The molecule has 5 rings (SSSR count). The minimum absolute atomic E-state index is 0.0371. The summed E-state index contributed by atoms with van der Waals surface area (Å²) in [5.74, 6) is -0.783. The van der Waals surface area contributed by atoms with Crippen LogP contribution in [0.2, 0.25) is 0 Å². The number of allylic oxidation sites excluding steroid dienone is 2. The molecule has 0 radical (unpaired) electrons. The lowest BCUT2D eigenvalue weighted by molar-refractivity contribution is -0.170. The summed E-state index contributed by atoms with van der Waals surface area (Å²) in [6.45, 7) is 7.00. The van der Waals surface area contributed by atoms with E-state index >= 15 is 0 Å². The summed E-state index contributed by atoms with van der Waals surface area (Å²) in [5, 5.41) is 11.8. The van der Waals surface area contributed by atoms with Gasteiger partial charge in [0.15, 0.2) is 12.4 Å². The van der Waals surface area contributed by atoms with Crippen LogP contribution >= 0.6 is 0 Å². The average Bonchev–Trinajstić information content (AvgIpc) is 3.36. The van der Waals surface area contributed by atoms with Crippen molar-refractivity contribution in [3.63, 3.8) is 0 Å². The molecule has 7 unspecified atom stereocenters. The van der Waals surface area contributed by atoms with Crippen LogP contribution in [-0.4, -0.2) is 46.6 Å². The van der Waals surface area contributed by atoms with E-state index in [2.05, 4.69) is 6.92 Å². The van der Waals surface area contributed by atoms with Gasteiger partial charge in [0.1, 0.15) is 11.2 Å². The maximum Gasteiger partial charge on any atom is 0.303 e. The summed E-state index contributed by atoms with van der Waals surface area (Å²) in [6, 6.07) is 0. The molecule has 0 bridgehead atoms. The molecule has 1 spiro atoms. The Bertz CT molecular complexity index is 919. The fraction of sp³-hybridized carbons (Fsp3) is 0.708. The first-order valence-corrected chi connectivity index (χ1v) is 11.0. The zero-order chi connectivity index (χ0) is 21.7. The largest absolute Gasteiger partial charge is 0.458 e. The van der Waals surface area contributed by atoms with E-state index in [1.807, 2.05) is 19.9 Å². The lowest BCUT2D eigenvalue weighted by Gasteiger charge is -2.55. The SMILES string of the molecule is CC(=O)OCC(=O)C1(O)[C@H](C)CC2C3CCC4=CC(=O)C=CC4(C)C34OC4CC21C. The number of fused-ring (bicyclic) bond motifs is 3. The van der Waals surface area contributed by atoms with Crippen molar-refractivity contribution in [3.05, 3.63) is 23.8 Å². The fourth-order valence-corrected chi connectivity index (χ4v) is 7.85. The number of hydrogen-bond acceptors (Lipinski definition) is 6. The lowest BCUT2D eigenvalue weighted by Crippen LogP contribution is -2.62. The van der Waals surface area contributed by atoms with Crippen LogP contribution < -0.4 is 0 Å². The van der Waals surface area contributed by atoms with E-state index in [0.29, 0.717) is 6.42 Å². The lowest BCUT2D eigenvalue weighted by atomic mass is 9.46. The molecule has 3 saturated carbocycles. The number of carbonyl (C=O) groups is 3. The van der Waals surface area contributed by atoms with E-state index in [-0.39, 0.29) is 40.7 Å². The van der Waals surface area contributed by atoms with E-state index in [1.54, 1.807) is 12.2 Å². The molecular weight excluding hydrogens is 384 g/mol. The van der Waals surface area contributed by atoms with E-state index in [4.69, 9.17) is 9.47 Å². The Kier molecular flexibility index (Phi) is 3.97. The molecule has 0 aromatic rings. The van der Waals surface area contributed by atoms with Gasteiger partial charge in [-0.1, -0.05) is 25.5 Å². The highest BCUT2D eigenvalue weighted by molar-refractivity contribution is 6.01. The number of ether oxygens (including phenoxy) is 2. The van der Waals surface area contributed by atoms with Crippen molar-refractivity contribution in [2.45, 2.75) is 70.7 Å². The van der Waals surface area contributed by atoms with Crippen LogP contribution in [-0.2, 0) is 23.9 Å². The molecular formula is C24H30O6. The van der Waals surface area contributed by atoms with Crippen LogP contribution in [0.5, 0.6) is 0 Å². The zero-order valence-electron chi connectivity index (χ0n) is 18.1. The van der Waals surface area contributed by atoms with E-state index in [0.717, 1.165) is 24.8 Å². The molecule has 5 aliphatic rings. The zero-order valence-corrected chi connectivity index (χ0v) is 18.1.